The summed E-state index contributed by atoms with van der Waals surface area (Å²) in [5, 5.41) is 58.7. The van der Waals surface area contributed by atoms with Crippen molar-refractivity contribution in [2.75, 3.05) is 5.01 Å². The number of aromatic nitrogens is 4. The van der Waals surface area contributed by atoms with Crippen molar-refractivity contribution in [3.8, 4) is 45.2 Å². The number of allylic oxidation sites excluding steroid dienone is 1. The number of nitrogens with one attached hydrogen (secondary N) is 2. The summed E-state index contributed by atoms with van der Waals surface area (Å²) in [5.41, 5.74) is -0.758. The summed E-state index contributed by atoms with van der Waals surface area (Å²) >= 11 is 0. The van der Waals surface area contributed by atoms with Crippen LogP contribution in [0, 0.1) is 0 Å². The topological polar surface area (TPSA) is 286 Å². The van der Waals surface area contributed by atoms with E-state index in [1.165, 1.54) is 115 Å². The molecule has 18 nitrogen and oxygen atoms in total. The average Bonchev–Trinajstić information content (AvgIpc) is 3.75. The fourth-order valence-corrected chi connectivity index (χ4v) is 6.85. The monoisotopic (exact) mass is 818 g/mol. The quantitative estimate of drug-likeness (QED) is 0.103. The third kappa shape index (κ3) is 6.86. The minimum atomic E-state index is -1.22. The number of H-pyrrole nitrogens is 2. The van der Waals surface area contributed by atoms with Gasteiger partial charge in [-0.25, -0.2) is 19.2 Å². The number of carboxylic acids is 4. The number of fused-ring (bicyclic) bond motifs is 2. The van der Waals surface area contributed by atoms with E-state index in [1.54, 1.807) is 0 Å². The number of aromatic amines is 2. The van der Waals surface area contributed by atoms with E-state index < -0.39 is 46.8 Å². The molecule has 0 unspecified atom stereocenters. The highest BCUT2D eigenvalue weighted by Gasteiger charge is 2.31. The van der Waals surface area contributed by atoms with Crippen LogP contribution in [0.15, 0.2) is 118 Å². The van der Waals surface area contributed by atoms with E-state index in [2.05, 4.69) is 20.2 Å². The van der Waals surface area contributed by atoms with Crippen molar-refractivity contribution < 1.29 is 49.5 Å². The first-order valence-electron chi connectivity index (χ1n) is 17.8. The first-order valence-corrected chi connectivity index (χ1v) is 17.8. The highest BCUT2D eigenvalue weighted by atomic mass is 16.4. The lowest BCUT2D eigenvalue weighted by Gasteiger charge is -2.13. The predicted octanol–water partition coefficient (Wildman–Crippen LogP) is 3.88. The van der Waals surface area contributed by atoms with Gasteiger partial charge in [0.05, 0.1) is 44.8 Å². The maximum atomic E-state index is 14.1. The van der Waals surface area contributed by atoms with Crippen molar-refractivity contribution in [1.82, 2.24) is 19.7 Å². The number of carbonyl (C=O) groups is 5. The van der Waals surface area contributed by atoms with Gasteiger partial charge in [0.25, 0.3) is 17.0 Å². The molecule has 61 heavy (non-hydrogen) atoms. The lowest BCUT2D eigenvalue weighted by molar-refractivity contribution is 0.0686. The largest absolute Gasteiger partial charge is 0.494 e. The lowest BCUT2D eigenvalue weighted by atomic mass is 9.94. The molecule has 0 aliphatic carbocycles. The van der Waals surface area contributed by atoms with E-state index in [0.29, 0.717) is 0 Å². The van der Waals surface area contributed by atoms with Gasteiger partial charge in [0.2, 0.25) is 0 Å². The number of hydrogen-bond donors (Lipinski definition) is 7. The number of carboxylic acid groups (broad SMARTS) is 4. The summed E-state index contributed by atoms with van der Waals surface area (Å²) in [6.07, 6.45) is 4.04. The van der Waals surface area contributed by atoms with Crippen LogP contribution in [0.25, 0.3) is 51.5 Å². The summed E-state index contributed by atoms with van der Waals surface area (Å²) < 4.78 is 0.999. The Morgan fingerprint density at radius 3 is 1.56 bits per heavy atom. The third-order valence-electron chi connectivity index (χ3n) is 9.78. The second kappa shape index (κ2) is 15.0. The summed E-state index contributed by atoms with van der Waals surface area (Å²) in [6, 6.07) is 21.5. The number of carbonyl (C=O) groups excluding carboxylic acids is 1. The second-order valence-electron chi connectivity index (χ2n) is 13.4. The number of aromatic carboxylic acids is 4. The van der Waals surface area contributed by atoms with Crippen LogP contribution < -0.4 is 26.8 Å². The lowest BCUT2D eigenvalue weighted by Crippen LogP contribution is -2.38. The highest BCUT2D eigenvalue weighted by Crippen LogP contribution is 2.38. The fourth-order valence-electron chi connectivity index (χ4n) is 6.85. The van der Waals surface area contributed by atoms with Gasteiger partial charge in [-0.2, -0.15) is 9.69 Å². The molecule has 0 saturated heterocycles. The molecule has 1 amide bonds. The maximum Gasteiger partial charge on any atom is 0.335 e. The number of anilines is 1. The van der Waals surface area contributed by atoms with E-state index in [9.17, 15) is 59.1 Å². The number of hydrogen-bond acceptors (Lipinski definition) is 10. The van der Waals surface area contributed by atoms with Crippen LogP contribution in [0.3, 0.4) is 0 Å². The third-order valence-corrected chi connectivity index (χ3v) is 9.78. The summed E-state index contributed by atoms with van der Waals surface area (Å²) in [5.74, 6) is -6.07. The minimum Gasteiger partial charge on any atom is -0.494 e. The smallest absolute Gasteiger partial charge is 0.335 e. The Morgan fingerprint density at radius 2 is 1.05 bits per heavy atom. The van der Waals surface area contributed by atoms with Crippen molar-refractivity contribution in [3.05, 3.63) is 168 Å². The van der Waals surface area contributed by atoms with Crippen molar-refractivity contribution in [2.45, 2.75) is 0 Å². The molecule has 300 valence electrons. The Bertz CT molecular complexity index is 3260. The molecule has 5 aromatic rings. The number of benzene rings is 4. The molecule has 0 saturated carbocycles. The van der Waals surface area contributed by atoms with Gasteiger partial charge >= 0.3 is 23.9 Å². The molecule has 0 fully saturated rings. The Morgan fingerprint density at radius 1 is 0.574 bits per heavy atom. The predicted molar refractivity (Wildman–Crippen MR) is 216 cm³/mol. The van der Waals surface area contributed by atoms with E-state index in [1.807, 2.05) is 0 Å². The Labute approximate surface area is 339 Å². The van der Waals surface area contributed by atoms with Crippen molar-refractivity contribution in [3.63, 3.8) is 0 Å². The molecule has 4 aromatic carbocycles. The fraction of sp³-hybridized carbons (Fsp3) is 0. The van der Waals surface area contributed by atoms with Gasteiger partial charge < -0.3 is 35.5 Å². The molecule has 4 heterocycles. The number of rotatable bonds is 10. The van der Waals surface area contributed by atoms with Gasteiger partial charge in [-0.15, -0.1) is 10.2 Å². The zero-order valence-electron chi connectivity index (χ0n) is 30.9. The van der Waals surface area contributed by atoms with Crippen LogP contribution in [0.5, 0.6) is 5.88 Å². The molecule has 18 heteroatoms. The van der Waals surface area contributed by atoms with Crippen LogP contribution in [-0.4, -0.2) is 75.1 Å². The van der Waals surface area contributed by atoms with Crippen LogP contribution in [0.1, 0.15) is 57.4 Å². The van der Waals surface area contributed by atoms with Gasteiger partial charge in [0, 0.05) is 21.9 Å². The van der Waals surface area contributed by atoms with Gasteiger partial charge in [-0.05, 0) is 96.1 Å². The van der Waals surface area contributed by atoms with Crippen LogP contribution in [0.4, 0.5) is 5.69 Å². The van der Waals surface area contributed by atoms with Crippen LogP contribution >= 0.6 is 0 Å². The van der Waals surface area contributed by atoms with E-state index in [-0.39, 0.29) is 89.1 Å². The zero-order valence-corrected chi connectivity index (χ0v) is 30.9. The van der Waals surface area contributed by atoms with Crippen LogP contribution in [0.2, 0.25) is 0 Å². The first kappa shape index (κ1) is 38.7. The zero-order chi connectivity index (χ0) is 43.3. The molecular formula is C43H26N6O12. The molecule has 1 aromatic heterocycles. The summed E-state index contributed by atoms with van der Waals surface area (Å²) in [4.78, 5) is 93.6. The van der Waals surface area contributed by atoms with Gasteiger partial charge in [0.1, 0.15) is 0 Å². The molecule has 3 aliphatic rings. The Kier molecular flexibility index (Phi) is 9.48. The Balaban J connectivity index is 1.32. The minimum absolute atomic E-state index is 0.00305. The highest BCUT2D eigenvalue weighted by molar-refractivity contribution is 6.11. The molecule has 0 atom stereocenters. The first-order chi connectivity index (χ1) is 29.2. The molecule has 0 bridgehead atoms. The summed E-state index contributed by atoms with van der Waals surface area (Å²) in [7, 11) is 0. The van der Waals surface area contributed by atoms with Crippen molar-refractivity contribution in [2.24, 2.45) is 5.10 Å². The molecule has 0 spiro atoms. The van der Waals surface area contributed by atoms with Gasteiger partial charge in [-0.3, -0.25) is 14.4 Å². The van der Waals surface area contributed by atoms with Gasteiger partial charge in [0.15, 0.2) is 17.2 Å². The number of pyridine rings is 2. The maximum absolute atomic E-state index is 14.1. The second-order valence-corrected chi connectivity index (χ2v) is 13.4. The number of aromatic hydroxyl groups is 1. The van der Waals surface area contributed by atoms with Crippen molar-refractivity contribution in [1.29, 1.82) is 0 Å². The normalized spacial score (nSPS) is 12.5. The van der Waals surface area contributed by atoms with E-state index in [4.69, 9.17) is 0 Å². The standard InChI is InChI=1S/C43H26N6O12/c50-36-28(30(20-4-8-22(9-5-20)40(54)55)32-34(44-36)46-48(38(32)52)26-16-12-24(13-17-26)42(58)59)2-1-3-29-31(21-6-10-23(11-7-21)41(56)57)33-35(45-37(29)51)47-49(39(33)53)27-18-14-25(15-19-27)43(60)61/h1-19H,(H,54,55)(H,56,57)(H,58,59)(H,60,61)(H,44,46,50)(H2,45,47,51). The van der Waals surface area contributed by atoms with Crippen molar-refractivity contribution >= 4 is 47.6 Å². The van der Waals surface area contributed by atoms with Gasteiger partial charge in [-0.1, -0.05) is 30.3 Å². The van der Waals surface area contributed by atoms with E-state index in [0.717, 1.165) is 9.69 Å². The molecular weight excluding hydrogens is 793 g/mol. The molecule has 7 N–H and O–H groups in total. The number of nitrogens with zero attached hydrogens (tertiary/aromatic N) is 4. The molecule has 8 rings (SSSR count). The van der Waals surface area contributed by atoms with Crippen LogP contribution in [-0.2, 0) is 0 Å². The van der Waals surface area contributed by atoms with E-state index >= 15 is 0 Å². The molecule has 0 radical (unpaired) electrons. The Hall–Kier alpha value is -9.19. The summed E-state index contributed by atoms with van der Waals surface area (Å²) in [6.45, 7) is 0. The number of amides is 1. The average molecular weight is 819 g/mol. The SMILES string of the molecule is O=C(O)c1ccc(-c2c(C=CC=c3c(-c4ccc(C(=O)O)cc4)c4c([nH]c3=O)=NN(c3ccc(C(=O)O)cc3)C4=O)c(O)[nH]c3nn(-c4ccc(C(=O)O)cc4)c(=O)c2-3)cc1. The molecule has 3 aliphatic heterocycles.